The van der Waals surface area contributed by atoms with E-state index in [1.807, 2.05) is 47.3 Å². The maximum Gasteiger partial charge on any atom is 0.252 e. The molecule has 118 valence electrons. The third-order valence-corrected chi connectivity index (χ3v) is 4.80. The summed E-state index contributed by atoms with van der Waals surface area (Å²) in [5.41, 5.74) is 2.40. The van der Waals surface area contributed by atoms with Crippen molar-refractivity contribution < 1.29 is 4.79 Å². The van der Waals surface area contributed by atoms with E-state index in [1.165, 1.54) is 0 Å². The maximum absolute atomic E-state index is 12.4. The Bertz CT molecular complexity index is 783. The summed E-state index contributed by atoms with van der Waals surface area (Å²) in [5.74, 6) is 0.839. The Morgan fingerprint density at radius 1 is 1.35 bits per heavy atom. The molecule has 0 aliphatic carbocycles. The molecule has 0 spiro atoms. The van der Waals surface area contributed by atoms with Gasteiger partial charge in [-0.1, -0.05) is 24.3 Å². The highest BCUT2D eigenvalue weighted by molar-refractivity contribution is 7.99. The Morgan fingerprint density at radius 3 is 3.00 bits per heavy atom. The van der Waals surface area contributed by atoms with Crippen LogP contribution in [0, 0.1) is 0 Å². The van der Waals surface area contributed by atoms with Crippen LogP contribution in [0.3, 0.4) is 0 Å². The minimum absolute atomic E-state index is 0.0911. The van der Waals surface area contributed by atoms with Gasteiger partial charge in [-0.2, -0.15) is 11.3 Å². The smallest absolute Gasteiger partial charge is 0.252 e. The average molecular weight is 344 g/mol. The first-order valence-electron chi connectivity index (χ1n) is 7.21. The molecule has 0 radical (unpaired) electrons. The van der Waals surface area contributed by atoms with Crippen LogP contribution in [-0.4, -0.2) is 26.7 Å². The van der Waals surface area contributed by atoms with Crippen molar-refractivity contribution in [2.75, 3.05) is 5.75 Å². The molecule has 7 heteroatoms. The third-order valence-electron chi connectivity index (χ3n) is 3.17. The van der Waals surface area contributed by atoms with E-state index in [1.54, 1.807) is 27.8 Å². The first kappa shape index (κ1) is 15.8. The number of carbonyl (C=O) groups excluding carboxylic acids is 1. The Labute approximate surface area is 142 Å². The van der Waals surface area contributed by atoms with Crippen LogP contribution in [0.5, 0.6) is 0 Å². The van der Waals surface area contributed by atoms with Crippen molar-refractivity contribution in [1.82, 2.24) is 20.3 Å². The molecule has 0 saturated carbocycles. The SMILES string of the molecule is CCSc1ccccc1C(=O)NCc1cn(-c2ccsc2)nn1. The minimum atomic E-state index is -0.0911. The molecule has 2 heterocycles. The number of thioether (sulfide) groups is 1. The lowest BCUT2D eigenvalue weighted by molar-refractivity contribution is 0.0947. The highest BCUT2D eigenvalue weighted by Gasteiger charge is 2.11. The standard InChI is InChI=1S/C16H16N4OS2/c1-2-23-15-6-4-3-5-14(15)16(21)17-9-12-10-20(19-18-12)13-7-8-22-11-13/h3-8,10-11H,2,9H2,1H3,(H,17,21). The van der Waals surface area contributed by atoms with Gasteiger partial charge >= 0.3 is 0 Å². The molecule has 0 aliphatic heterocycles. The van der Waals surface area contributed by atoms with Gasteiger partial charge in [0, 0.05) is 10.3 Å². The molecule has 0 saturated heterocycles. The van der Waals surface area contributed by atoms with Crippen LogP contribution in [0.4, 0.5) is 0 Å². The number of hydrogen-bond acceptors (Lipinski definition) is 5. The number of nitrogens with zero attached hydrogens (tertiary/aromatic N) is 3. The normalized spacial score (nSPS) is 10.7. The fraction of sp³-hybridized carbons (Fsp3) is 0.188. The first-order valence-corrected chi connectivity index (χ1v) is 9.14. The van der Waals surface area contributed by atoms with Crippen molar-refractivity contribution in [3.63, 3.8) is 0 Å². The van der Waals surface area contributed by atoms with Crippen LogP contribution in [0.2, 0.25) is 0 Å². The van der Waals surface area contributed by atoms with Crippen LogP contribution in [-0.2, 0) is 6.54 Å². The van der Waals surface area contributed by atoms with E-state index >= 15 is 0 Å². The highest BCUT2D eigenvalue weighted by atomic mass is 32.2. The van der Waals surface area contributed by atoms with E-state index in [0.717, 1.165) is 22.0 Å². The molecule has 23 heavy (non-hydrogen) atoms. The van der Waals surface area contributed by atoms with Gasteiger partial charge in [-0.15, -0.1) is 16.9 Å². The zero-order valence-electron chi connectivity index (χ0n) is 12.6. The van der Waals surface area contributed by atoms with Crippen molar-refractivity contribution >= 4 is 29.0 Å². The monoisotopic (exact) mass is 344 g/mol. The van der Waals surface area contributed by atoms with Gasteiger partial charge in [-0.3, -0.25) is 4.79 Å². The first-order chi connectivity index (χ1) is 11.3. The van der Waals surface area contributed by atoms with Crippen molar-refractivity contribution in [3.05, 3.63) is 58.5 Å². The summed E-state index contributed by atoms with van der Waals surface area (Å²) in [5, 5.41) is 15.1. The van der Waals surface area contributed by atoms with Gasteiger partial charge in [-0.25, -0.2) is 4.68 Å². The summed E-state index contributed by atoms with van der Waals surface area (Å²) in [6.07, 6.45) is 1.83. The van der Waals surface area contributed by atoms with Crippen LogP contribution < -0.4 is 5.32 Å². The Kier molecular flexibility index (Phi) is 5.09. The number of amides is 1. The largest absolute Gasteiger partial charge is 0.346 e. The average Bonchev–Trinajstić information content (AvgIpc) is 3.24. The van der Waals surface area contributed by atoms with Gasteiger partial charge in [0.25, 0.3) is 5.91 Å². The molecule has 0 fully saturated rings. The van der Waals surface area contributed by atoms with E-state index < -0.39 is 0 Å². The van der Waals surface area contributed by atoms with E-state index in [-0.39, 0.29) is 5.91 Å². The predicted octanol–water partition coefficient (Wildman–Crippen LogP) is 3.37. The molecule has 3 rings (SSSR count). The topological polar surface area (TPSA) is 59.8 Å². The van der Waals surface area contributed by atoms with Crippen LogP contribution in [0.15, 0.2) is 52.2 Å². The maximum atomic E-state index is 12.4. The van der Waals surface area contributed by atoms with Crippen molar-refractivity contribution in [3.8, 4) is 5.69 Å². The summed E-state index contributed by atoms with van der Waals surface area (Å²) in [7, 11) is 0. The van der Waals surface area contributed by atoms with Crippen molar-refractivity contribution in [2.24, 2.45) is 0 Å². The molecule has 0 unspecified atom stereocenters. The van der Waals surface area contributed by atoms with Gasteiger partial charge in [0.1, 0.15) is 5.69 Å². The molecule has 3 aromatic rings. The van der Waals surface area contributed by atoms with E-state index in [0.29, 0.717) is 12.1 Å². The van der Waals surface area contributed by atoms with Gasteiger partial charge in [0.2, 0.25) is 0 Å². The highest BCUT2D eigenvalue weighted by Crippen LogP contribution is 2.22. The number of thiophene rings is 1. The molecule has 1 amide bonds. The second kappa shape index (κ2) is 7.43. The lowest BCUT2D eigenvalue weighted by Crippen LogP contribution is -2.23. The molecular weight excluding hydrogens is 328 g/mol. The lowest BCUT2D eigenvalue weighted by Gasteiger charge is -2.08. The number of aromatic nitrogens is 3. The van der Waals surface area contributed by atoms with E-state index in [9.17, 15) is 4.79 Å². The molecule has 1 aromatic carbocycles. The minimum Gasteiger partial charge on any atom is -0.346 e. The summed E-state index contributed by atoms with van der Waals surface area (Å²) in [4.78, 5) is 13.4. The van der Waals surface area contributed by atoms with Crippen LogP contribution in [0.25, 0.3) is 5.69 Å². The zero-order chi connectivity index (χ0) is 16.1. The van der Waals surface area contributed by atoms with Crippen LogP contribution in [0.1, 0.15) is 23.0 Å². The fourth-order valence-corrected chi connectivity index (χ4v) is 3.52. The molecule has 5 nitrogen and oxygen atoms in total. The Balaban J connectivity index is 1.65. The summed E-state index contributed by atoms with van der Waals surface area (Å²) < 4.78 is 1.71. The molecular formula is C16H16N4OS2. The quantitative estimate of drug-likeness (QED) is 0.697. The Hall–Kier alpha value is -2.12. The summed E-state index contributed by atoms with van der Waals surface area (Å²) in [6.45, 7) is 2.43. The molecule has 2 aromatic heterocycles. The number of benzene rings is 1. The van der Waals surface area contributed by atoms with Gasteiger partial charge in [-0.05, 0) is 29.3 Å². The van der Waals surface area contributed by atoms with Crippen molar-refractivity contribution in [1.29, 1.82) is 0 Å². The zero-order valence-corrected chi connectivity index (χ0v) is 14.2. The number of carbonyl (C=O) groups is 1. The fourth-order valence-electron chi connectivity index (χ4n) is 2.09. The molecule has 0 atom stereocenters. The lowest BCUT2D eigenvalue weighted by atomic mass is 10.2. The van der Waals surface area contributed by atoms with Gasteiger partial charge < -0.3 is 5.32 Å². The summed E-state index contributed by atoms with van der Waals surface area (Å²) in [6, 6.07) is 9.61. The van der Waals surface area contributed by atoms with E-state index in [4.69, 9.17) is 0 Å². The van der Waals surface area contributed by atoms with Crippen molar-refractivity contribution in [2.45, 2.75) is 18.4 Å². The Morgan fingerprint density at radius 2 is 2.22 bits per heavy atom. The molecule has 0 bridgehead atoms. The number of nitrogens with one attached hydrogen (secondary N) is 1. The number of rotatable bonds is 6. The van der Waals surface area contributed by atoms with Crippen LogP contribution >= 0.6 is 23.1 Å². The summed E-state index contributed by atoms with van der Waals surface area (Å²) >= 11 is 3.27. The number of hydrogen-bond donors (Lipinski definition) is 1. The second-order valence-electron chi connectivity index (χ2n) is 4.75. The van der Waals surface area contributed by atoms with Gasteiger partial charge in [0.05, 0.1) is 24.0 Å². The second-order valence-corrected chi connectivity index (χ2v) is 6.83. The van der Waals surface area contributed by atoms with Gasteiger partial charge in [0.15, 0.2) is 0 Å². The third kappa shape index (κ3) is 3.80. The molecule has 0 aliphatic rings. The molecule has 1 N–H and O–H groups in total. The predicted molar refractivity (Wildman–Crippen MR) is 93.2 cm³/mol. The van der Waals surface area contributed by atoms with E-state index in [2.05, 4.69) is 22.6 Å².